The van der Waals surface area contributed by atoms with Crippen molar-refractivity contribution < 1.29 is 9.26 Å². The van der Waals surface area contributed by atoms with Gasteiger partial charge in [0.05, 0.1) is 12.3 Å². The SMILES string of the molecule is COC[C@H](N[C@@H](C)Cc1c(C)noc1C)C(C)C. The third-order valence-electron chi connectivity index (χ3n) is 3.34. The summed E-state index contributed by atoms with van der Waals surface area (Å²) in [6.07, 6.45) is 0.939. The van der Waals surface area contributed by atoms with Crippen molar-refractivity contribution in [2.75, 3.05) is 13.7 Å². The number of rotatable bonds is 7. The van der Waals surface area contributed by atoms with E-state index in [0.717, 1.165) is 24.5 Å². The van der Waals surface area contributed by atoms with Crippen LogP contribution in [0.2, 0.25) is 0 Å². The molecule has 0 bridgehead atoms. The predicted molar refractivity (Wildman–Crippen MR) is 72.8 cm³/mol. The van der Waals surface area contributed by atoms with Crippen LogP contribution in [0.5, 0.6) is 0 Å². The number of aryl methyl sites for hydroxylation is 2. The van der Waals surface area contributed by atoms with Crippen molar-refractivity contribution >= 4 is 0 Å². The molecule has 0 saturated carbocycles. The number of ether oxygens (including phenoxy) is 1. The third kappa shape index (κ3) is 4.10. The van der Waals surface area contributed by atoms with E-state index in [1.165, 1.54) is 5.56 Å². The van der Waals surface area contributed by atoms with Crippen molar-refractivity contribution in [3.8, 4) is 0 Å². The van der Waals surface area contributed by atoms with Gasteiger partial charge in [0.2, 0.25) is 0 Å². The van der Waals surface area contributed by atoms with Gasteiger partial charge in [0.25, 0.3) is 0 Å². The summed E-state index contributed by atoms with van der Waals surface area (Å²) < 4.78 is 10.4. The summed E-state index contributed by atoms with van der Waals surface area (Å²) in [6, 6.07) is 0.759. The van der Waals surface area contributed by atoms with Crippen LogP contribution in [0, 0.1) is 19.8 Å². The Morgan fingerprint density at radius 3 is 2.39 bits per heavy atom. The minimum atomic E-state index is 0.379. The fraction of sp³-hybridized carbons (Fsp3) is 0.786. The van der Waals surface area contributed by atoms with Crippen molar-refractivity contribution in [1.29, 1.82) is 0 Å². The first-order valence-electron chi connectivity index (χ1n) is 6.62. The Kier molecular flexibility index (Phi) is 5.82. The molecule has 1 aromatic rings. The van der Waals surface area contributed by atoms with Gasteiger partial charge in [0.15, 0.2) is 0 Å². The van der Waals surface area contributed by atoms with Gasteiger partial charge in [-0.3, -0.25) is 0 Å². The number of hydrogen-bond donors (Lipinski definition) is 1. The molecule has 0 fully saturated rings. The predicted octanol–water partition coefficient (Wildman–Crippen LogP) is 2.48. The van der Waals surface area contributed by atoms with E-state index in [0.29, 0.717) is 18.0 Å². The maximum Gasteiger partial charge on any atom is 0.137 e. The third-order valence-corrected chi connectivity index (χ3v) is 3.34. The molecule has 0 spiro atoms. The minimum absolute atomic E-state index is 0.379. The van der Waals surface area contributed by atoms with Gasteiger partial charge in [0, 0.05) is 24.8 Å². The lowest BCUT2D eigenvalue weighted by Gasteiger charge is -2.25. The number of nitrogens with one attached hydrogen (secondary N) is 1. The first-order chi connectivity index (χ1) is 8.45. The van der Waals surface area contributed by atoms with Gasteiger partial charge in [-0.05, 0) is 33.1 Å². The van der Waals surface area contributed by atoms with Crippen molar-refractivity contribution in [2.24, 2.45) is 5.92 Å². The van der Waals surface area contributed by atoms with Crippen molar-refractivity contribution in [2.45, 2.75) is 53.1 Å². The van der Waals surface area contributed by atoms with Crippen LogP contribution in [0.4, 0.5) is 0 Å². The second-order valence-electron chi connectivity index (χ2n) is 5.38. The fourth-order valence-corrected chi connectivity index (χ4v) is 2.14. The standard InChI is InChI=1S/C14H26N2O2/c1-9(2)14(8-17-6)15-10(3)7-13-11(4)16-18-12(13)5/h9-10,14-15H,7-8H2,1-6H3/t10-,14-/m0/s1. The Labute approximate surface area is 110 Å². The van der Waals surface area contributed by atoms with Gasteiger partial charge in [0.1, 0.15) is 5.76 Å². The number of methoxy groups -OCH3 is 1. The van der Waals surface area contributed by atoms with Crippen LogP contribution in [0.15, 0.2) is 4.52 Å². The van der Waals surface area contributed by atoms with Crippen molar-refractivity contribution in [3.63, 3.8) is 0 Å². The Bertz CT molecular complexity index is 341. The van der Waals surface area contributed by atoms with E-state index in [1.807, 2.05) is 13.8 Å². The zero-order valence-corrected chi connectivity index (χ0v) is 12.4. The van der Waals surface area contributed by atoms with Gasteiger partial charge in [-0.2, -0.15) is 0 Å². The normalized spacial score (nSPS) is 15.1. The molecule has 1 rings (SSSR count). The lowest BCUT2D eigenvalue weighted by molar-refractivity contribution is 0.141. The van der Waals surface area contributed by atoms with Gasteiger partial charge >= 0.3 is 0 Å². The van der Waals surface area contributed by atoms with Crippen LogP contribution in [-0.4, -0.2) is 31.0 Å². The summed E-state index contributed by atoms with van der Waals surface area (Å²) in [6.45, 7) is 11.3. The van der Waals surface area contributed by atoms with E-state index in [-0.39, 0.29) is 0 Å². The number of hydrogen-bond acceptors (Lipinski definition) is 4. The maximum absolute atomic E-state index is 5.26. The van der Waals surface area contributed by atoms with E-state index in [4.69, 9.17) is 9.26 Å². The molecule has 0 amide bonds. The lowest BCUT2D eigenvalue weighted by Crippen LogP contribution is -2.43. The molecule has 0 saturated heterocycles. The highest BCUT2D eigenvalue weighted by Crippen LogP contribution is 2.15. The highest BCUT2D eigenvalue weighted by molar-refractivity contribution is 5.21. The number of nitrogens with zero attached hydrogens (tertiary/aromatic N) is 1. The molecule has 0 aliphatic rings. The van der Waals surface area contributed by atoms with Crippen LogP contribution >= 0.6 is 0 Å². The van der Waals surface area contributed by atoms with Gasteiger partial charge in [-0.15, -0.1) is 0 Å². The largest absolute Gasteiger partial charge is 0.383 e. The molecular weight excluding hydrogens is 228 g/mol. The fourth-order valence-electron chi connectivity index (χ4n) is 2.14. The Morgan fingerprint density at radius 2 is 1.94 bits per heavy atom. The molecule has 1 heterocycles. The quantitative estimate of drug-likeness (QED) is 0.812. The molecule has 0 radical (unpaired) electrons. The Balaban J connectivity index is 2.57. The van der Waals surface area contributed by atoms with Gasteiger partial charge < -0.3 is 14.6 Å². The molecular formula is C14H26N2O2. The van der Waals surface area contributed by atoms with E-state index in [2.05, 4.69) is 31.2 Å². The molecule has 0 aliphatic heterocycles. The molecule has 0 unspecified atom stereocenters. The van der Waals surface area contributed by atoms with Crippen LogP contribution in [-0.2, 0) is 11.2 Å². The van der Waals surface area contributed by atoms with Crippen LogP contribution < -0.4 is 5.32 Å². The Hall–Kier alpha value is -0.870. The zero-order valence-electron chi connectivity index (χ0n) is 12.4. The summed E-state index contributed by atoms with van der Waals surface area (Å²) in [4.78, 5) is 0. The first-order valence-corrected chi connectivity index (χ1v) is 6.62. The second kappa shape index (κ2) is 6.90. The highest BCUT2D eigenvalue weighted by atomic mass is 16.5. The van der Waals surface area contributed by atoms with E-state index < -0.39 is 0 Å². The van der Waals surface area contributed by atoms with Crippen molar-refractivity contribution in [3.05, 3.63) is 17.0 Å². The smallest absolute Gasteiger partial charge is 0.137 e. The molecule has 4 nitrogen and oxygen atoms in total. The molecule has 18 heavy (non-hydrogen) atoms. The van der Waals surface area contributed by atoms with Crippen LogP contribution in [0.25, 0.3) is 0 Å². The highest BCUT2D eigenvalue weighted by Gasteiger charge is 2.18. The zero-order chi connectivity index (χ0) is 13.7. The molecule has 104 valence electrons. The summed E-state index contributed by atoms with van der Waals surface area (Å²) >= 11 is 0. The number of aromatic nitrogens is 1. The molecule has 0 aromatic carbocycles. The monoisotopic (exact) mass is 254 g/mol. The van der Waals surface area contributed by atoms with Crippen molar-refractivity contribution in [1.82, 2.24) is 10.5 Å². The average Bonchev–Trinajstić information content (AvgIpc) is 2.60. The molecule has 0 aliphatic carbocycles. The first kappa shape index (κ1) is 15.2. The summed E-state index contributed by atoms with van der Waals surface area (Å²) in [5, 5.41) is 7.61. The molecule has 1 aromatic heterocycles. The van der Waals surface area contributed by atoms with Crippen LogP contribution in [0.1, 0.15) is 37.8 Å². The summed E-state index contributed by atoms with van der Waals surface area (Å²) in [7, 11) is 1.75. The molecule has 2 atom stereocenters. The molecule has 1 N–H and O–H groups in total. The average molecular weight is 254 g/mol. The summed E-state index contributed by atoms with van der Waals surface area (Å²) in [5.74, 6) is 1.48. The maximum atomic E-state index is 5.26. The van der Waals surface area contributed by atoms with Gasteiger partial charge in [-0.1, -0.05) is 19.0 Å². The summed E-state index contributed by atoms with van der Waals surface area (Å²) in [5.41, 5.74) is 2.21. The topological polar surface area (TPSA) is 47.3 Å². The lowest BCUT2D eigenvalue weighted by atomic mass is 10.0. The Morgan fingerprint density at radius 1 is 1.28 bits per heavy atom. The minimum Gasteiger partial charge on any atom is -0.383 e. The van der Waals surface area contributed by atoms with E-state index >= 15 is 0 Å². The van der Waals surface area contributed by atoms with Crippen LogP contribution in [0.3, 0.4) is 0 Å². The second-order valence-corrected chi connectivity index (χ2v) is 5.38. The van der Waals surface area contributed by atoms with E-state index in [9.17, 15) is 0 Å². The molecule has 4 heteroatoms. The van der Waals surface area contributed by atoms with Gasteiger partial charge in [-0.25, -0.2) is 0 Å². The van der Waals surface area contributed by atoms with E-state index in [1.54, 1.807) is 7.11 Å².